The highest BCUT2D eigenvalue weighted by Gasteiger charge is 1.96. The molecule has 0 bridgehead atoms. The van der Waals surface area contributed by atoms with Crippen molar-refractivity contribution in [3.05, 3.63) is 42.0 Å². The Morgan fingerprint density at radius 3 is 2.38 bits per heavy atom. The molecule has 0 aliphatic carbocycles. The minimum absolute atomic E-state index is 0.751. The minimum atomic E-state index is -0.880. The number of rotatable bonds is 4. The summed E-state index contributed by atoms with van der Waals surface area (Å²) in [5.41, 5.74) is 2.40. The monoisotopic (exact) mass is 192 g/mol. The fraction of sp³-hybridized carbons (Fsp3) is 0.273. The van der Waals surface area contributed by atoms with E-state index < -0.39 is 9.04 Å². The van der Waals surface area contributed by atoms with E-state index in [1.807, 2.05) is 6.08 Å². The normalized spacial score (nSPS) is 10.4. The second kappa shape index (κ2) is 4.99. The molecule has 0 saturated carbocycles. The van der Waals surface area contributed by atoms with Gasteiger partial charge in [0.05, 0.1) is 6.61 Å². The molecule has 0 fully saturated rings. The van der Waals surface area contributed by atoms with E-state index in [9.17, 15) is 0 Å². The average Bonchev–Trinajstić information content (AvgIpc) is 2.15. The SMILES string of the molecule is C=Cc1ccc(CO[SiH](C)C)cc1. The predicted molar refractivity (Wildman–Crippen MR) is 60.2 cm³/mol. The molecule has 1 aromatic rings. The van der Waals surface area contributed by atoms with Crippen molar-refractivity contribution in [2.24, 2.45) is 0 Å². The molecule has 0 heterocycles. The molecule has 0 atom stereocenters. The van der Waals surface area contributed by atoms with Gasteiger partial charge < -0.3 is 4.43 Å². The topological polar surface area (TPSA) is 9.23 Å². The highest BCUT2D eigenvalue weighted by molar-refractivity contribution is 6.48. The van der Waals surface area contributed by atoms with Crippen LogP contribution in [0.25, 0.3) is 6.08 Å². The third-order valence-electron chi connectivity index (χ3n) is 1.80. The van der Waals surface area contributed by atoms with Crippen LogP contribution in [0.3, 0.4) is 0 Å². The van der Waals surface area contributed by atoms with Gasteiger partial charge in [0.25, 0.3) is 0 Å². The average molecular weight is 192 g/mol. The number of hydrogen-bond donors (Lipinski definition) is 0. The van der Waals surface area contributed by atoms with Gasteiger partial charge in [-0.25, -0.2) is 0 Å². The molecule has 0 amide bonds. The lowest BCUT2D eigenvalue weighted by Gasteiger charge is -2.06. The Bertz CT molecular complexity index is 264. The lowest BCUT2D eigenvalue weighted by Crippen LogP contribution is -2.06. The third kappa shape index (κ3) is 3.57. The number of hydrogen-bond acceptors (Lipinski definition) is 1. The standard InChI is InChI=1S/C11H16OSi/c1-4-10-5-7-11(8-6-10)9-12-13(2)3/h4-8,13H,1,9H2,2-3H3. The van der Waals surface area contributed by atoms with Crippen LogP contribution in [-0.2, 0) is 11.0 Å². The zero-order valence-corrected chi connectivity index (χ0v) is 9.44. The second-order valence-electron chi connectivity index (χ2n) is 3.31. The molecule has 1 aromatic carbocycles. The van der Waals surface area contributed by atoms with Crippen molar-refractivity contribution in [3.8, 4) is 0 Å². The fourth-order valence-electron chi connectivity index (χ4n) is 1.01. The van der Waals surface area contributed by atoms with Gasteiger partial charge in [-0.05, 0) is 24.2 Å². The van der Waals surface area contributed by atoms with E-state index in [0.29, 0.717) is 0 Å². The van der Waals surface area contributed by atoms with Gasteiger partial charge in [0, 0.05) is 0 Å². The summed E-state index contributed by atoms with van der Waals surface area (Å²) in [6.45, 7) is 8.82. The first kappa shape index (κ1) is 10.2. The Balaban J connectivity index is 2.54. The highest BCUT2D eigenvalue weighted by Crippen LogP contribution is 2.06. The Morgan fingerprint density at radius 1 is 1.31 bits per heavy atom. The zero-order valence-electron chi connectivity index (χ0n) is 8.29. The smallest absolute Gasteiger partial charge is 0.171 e. The van der Waals surface area contributed by atoms with Gasteiger partial charge in [-0.15, -0.1) is 0 Å². The van der Waals surface area contributed by atoms with Crippen LogP contribution in [-0.4, -0.2) is 9.04 Å². The molecule has 1 nitrogen and oxygen atoms in total. The zero-order chi connectivity index (χ0) is 9.68. The van der Waals surface area contributed by atoms with Gasteiger partial charge in [0.2, 0.25) is 0 Å². The molecule has 70 valence electrons. The van der Waals surface area contributed by atoms with Crippen LogP contribution in [0.5, 0.6) is 0 Å². The second-order valence-corrected chi connectivity index (χ2v) is 5.74. The molecule has 0 spiro atoms. The first-order chi connectivity index (χ1) is 6.22. The van der Waals surface area contributed by atoms with E-state index in [-0.39, 0.29) is 0 Å². The van der Waals surface area contributed by atoms with E-state index in [1.54, 1.807) is 0 Å². The van der Waals surface area contributed by atoms with Crippen molar-refractivity contribution < 1.29 is 4.43 Å². The minimum Gasteiger partial charge on any atom is -0.416 e. The van der Waals surface area contributed by atoms with Crippen molar-refractivity contribution in [1.29, 1.82) is 0 Å². The van der Waals surface area contributed by atoms with E-state index in [0.717, 1.165) is 12.2 Å². The molecule has 13 heavy (non-hydrogen) atoms. The Hall–Kier alpha value is -0.863. The largest absolute Gasteiger partial charge is 0.416 e. The van der Waals surface area contributed by atoms with Crippen molar-refractivity contribution in [2.45, 2.75) is 19.7 Å². The maximum Gasteiger partial charge on any atom is 0.171 e. The van der Waals surface area contributed by atoms with Crippen molar-refractivity contribution in [2.75, 3.05) is 0 Å². The van der Waals surface area contributed by atoms with Gasteiger partial charge in [-0.3, -0.25) is 0 Å². The van der Waals surface area contributed by atoms with Crippen molar-refractivity contribution in [1.82, 2.24) is 0 Å². The van der Waals surface area contributed by atoms with Crippen molar-refractivity contribution >= 4 is 15.1 Å². The maximum atomic E-state index is 5.61. The van der Waals surface area contributed by atoms with E-state index in [1.165, 1.54) is 5.56 Å². The van der Waals surface area contributed by atoms with E-state index in [4.69, 9.17) is 4.43 Å². The Morgan fingerprint density at radius 2 is 1.92 bits per heavy atom. The summed E-state index contributed by atoms with van der Waals surface area (Å²) in [5.74, 6) is 0. The predicted octanol–water partition coefficient (Wildman–Crippen LogP) is 2.83. The molecule has 0 N–H and O–H groups in total. The van der Waals surface area contributed by atoms with Gasteiger partial charge in [0.15, 0.2) is 9.04 Å². The van der Waals surface area contributed by atoms with Crippen molar-refractivity contribution in [3.63, 3.8) is 0 Å². The molecule has 1 rings (SSSR count). The first-order valence-electron chi connectivity index (χ1n) is 4.55. The molecule has 0 unspecified atom stereocenters. The van der Waals surface area contributed by atoms with Gasteiger partial charge >= 0.3 is 0 Å². The summed E-state index contributed by atoms with van der Waals surface area (Å²) in [5, 5.41) is 0. The van der Waals surface area contributed by atoms with Crippen LogP contribution in [0.4, 0.5) is 0 Å². The van der Waals surface area contributed by atoms with Crippen LogP contribution < -0.4 is 0 Å². The van der Waals surface area contributed by atoms with Crippen LogP contribution in [0.2, 0.25) is 13.1 Å². The first-order valence-corrected chi connectivity index (χ1v) is 7.33. The molecule has 0 aliphatic rings. The summed E-state index contributed by atoms with van der Waals surface area (Å²) in [7, 11) is -0.880. The molecule has 0 aromatic heterocycles. The molecular formula is C11H16OSi. The van der Waals surface area contributed by atoms with Gasteiger partial charge in [-0.2, -0.15) is 0 Å². The van der Waals surface area contributed by atoms with E-state index >= 15 is 0 Å². The third-order valence-corrected chi connectivity index (χ3v) is 2.63. The molecular weight excluding hydrogens is 176 g/mol. The Kier molecular flexibility index (Phi) is 3.93. The van der Waals surface area contributed by atoms with Gasteiger partial charge in [-0.1, -0.05) is 36.9 Å². The van der Waals surface area contributed by atoms with Crippen LogP contribution in [0.1, 0.15) is 11.1 Å². The number of benzene rings is 1. The van der Waals surface area contributed by atoms with E-state index in [2.05, 4.69) is 43.9 Å². The van der Waals surface area contributed by atoms with Crippen LogP contribution >= 0.6 is 0 Å². The lowest BCUT2D eigenvalue weighted by molar-refractivity contribution is 0.314. The summed E-state index contributed by atoms with van der Waals surface area (Å²) < 4.78 is 5.61. The summed E-state index contributed by atoms with van der Waals surface area (Å²) in [6.07, 6.45) is 1.85. The van der Waals surface area contributed by atoms with Crippen LogP contribution in [0, 0.1) is 0 Å². The lowest BCUT2D eigenvalue weighted by atomic mass is 10.1. The molecule has 0 radical (unpaired) electrons. The molecule has 2 heteroatoms. The quantitative estimate of drug-likeness (QED) is 0.667. The summed E-state index contributed by atoms with van der Waals surface area (Å²) in [4.78, 5) is 0. The summed E-state index contributed by atoms with van der Waals surface area (Å²) in [6, 6.07) is 8.31. The fourth-order valence-corrected chi connectivity index (χ4v) is 1.54. The maximum absolute atomic E-state index is 5.61. The summed E-state index contributed by atoms with van der Waals surface area (Å²) >= 11 is 0. The van der Waals surface area contributed by atoms with Gasteiger partial charge in [0.1, 0.15) is 0 Å². The molecule has 0 saturated heterocycles. The van der Waals surface area contributed by atoms with Crippen LogP contribution in [0.15, 0.2) is 30.8 Å². The highest BCUT2D eigenvalue weighted by atomic mass is 28.3. The molecule has 0 aliphatic heterocycles. The Labute approximate surface area is 81.8 Å².